The maximum absolute atomic E-state index is 5.11. The van der Waals surface area contributed by atoms with Gasteiger partial charge in [0.05, 0.1) is 6.61 Å². The second-order valence-electron chi connectivity index (χ2n) is 3.84. The topological polar surface area (TPSA) is 12.5 Å². The van der Waals surface area contributed by atoms with Crippen molar-refractivity contribution in [2.24, 2.45) is 0 Å². The van der Waals surface area contributed by atoms with Crippen molar-refractivity contribution in [1.82, 2.24) is 0 Å². The maximum Gasteiger partial charge on any atom is 0.0637 e. The Balaban J connectivity index is 2.78. The summed E-state index contributed by atoms with van der Waals surface area (Å²) in [6.07, 6.45) is 0. The Morgan fingerprint density at radius 1 is 1.20 bits per heavy atom. The fourth-order valence-corrected chi connectivity index (χ4v) is 1.59. The van der Waals surface area contributed by atoms with Gasteiger partial charge in [0.1, 0.15) is 0 Å². The molecule has 0 saturated heterocycles. The van der Waals surface area contributed by atoms with Crippen LogP contribution in [-0.2, 0) is 4.74 Å². The molecule has 0 unspecified atom stereocenters. The Hall–Kier alpha value is -1.02. The van der Waals surface area contributed by atoms with Crippen molar-refractivity contribution in [2.75, 3.05) is 31.7 Å². The summed E-state index contributed by atoms with van der Waals surface area (Å²) in [5, 5.41) is 0. The molecule has 0 aromatic heterocycles. The van der Waals surface area contributed by atoms with E-state index in [1.54, 1.807) is 7.11 Å². The average Bonchev–Trinajstić information content (AvgIpc) is 2.24. The first-order chi connectivity index (χ1) is 7.19. The first-order valence-electron chi connectivity index (χ1n) is 5.50. The van der Waals surface area contributed by atoms with Crippen LogP contribution in [0.3, 0.4) is 0 Å². The van der Waals surface area contributed by atoms with Crippen LogP contribution in [0.25, 0.3) is 0 Å². The molecule has 1 rings (SSSR count). The molecule has 2 heteroatoms. The average molecular weight is 207 g/mol. The highest BCUT2D eigenvalue weighted by molar-refractivity contribution is 5.50. The van der Waals surface area contributed by atoms with E-state index in [1.165, 1.54) is 16.8 Å². The van der Waals surface area contributed by atoms with Gasteiger partial charge in [-0.05, 0) is 44.0 Å². The zero-order valence-corrected chi connectivity index (χ0v) is 10.2. The van der Waals surface area contributed by atoms with Gasteiger partial charge in [0, 0.05) is 25.9 Å². The molecule has 0 aliphatic heterocycles. The number of hydrogen-bond donors (Lipinski definition) is 0. The van der Waals surface area contributed by atoms with Gasteiger partial charge in [0.25, 0.3) is 0 Å². The highest BCUT2D eigenvalue weighted by Gasteiger charge is 2.04. The van der Waals surface area contributed by atoms with E-state index in [0.29, 0.717) is 0 Å². The summed E-state index contributed by atoms with van der Waals surface area (Å²) < 4.78 is 5.11. The molecule has 0 amide bonds. The molecular formula is C13H21NO. The molecule has 2 nitrogen and oxygen atoms in total. The van der Waals surface area contributed by atoms with Gasteiger partial charge in [0.2, 0.25) is 0 Å². The number of hydrogen-bond acceptors (Lipinski definition) is 2. The molecule has 0 atom stereocenters. The van der Waals surface area contributed by atoms with E-state index < -0.39 is 0 Å². The first-order valence-corrected chi connectivity index (χ1v) is 5.50. The van der Waals surface area contributed by atoms with Crippen LogP contribution in [0, 0.1) is 13.8 Å². The van der Waals surface area contributed by atoms with Crippen molar-refractivity contribution in [3.63, 3.8) is 0 Å². The predicted molar refractivity (Wildman–Crippen MR) is 65.7 cm³/mol. The molecule has 0 saturated carbocycles. The van der Waals surface area contributed by atoms with E-state index in [9.17, 15) is 0 Å². The Labute approximate surface area is 92.9 Å². The number of aryl methyl sites for hydroxylation is 2. The number of benzene rings is 1. The van der Waals surface area contributed by atoms with Crippen LogP contribution in [0.2, 0.25) is 0 Å². The number of anilines is 1. The van der Waals surface area contributed by atoms with Crippen LogP contribution >= 0.6 is 0 Å². The second kappa shape index (κ2) is 5.76. The number of ether oxygens (including phenoxy) is 1. The van der Waals surface area contributed by atoms with Gasteiger partial charge < -0.3 is 9.64 Å². The molecule has 0 heterocycles. The monoisotopic (exact) mass is 207 g/mol. The van der Waals surface area contributed by atoms with E-state index >= 15 is 0 Å². The maximum atomic E-state index is 5.11. The van der Waals surface area contributed by atoms with E-state index in [4.69, 9.17) is 4.74 Å². The summed E-state index contributed by atoms with van der Waals surface area (Å²) in [4.78, 5) is 2.33. The van der Waals surface area contributed by atoms with E-state index in [1.807, 2.05) is 0 Å². The summed E-state index contributed by atoms with van der Waals surface area (Å²) >= 11 is 0. The van der Waals surface area contributed by atoms with Gasteiger partial charge in [-0.25, -0.2) is 0 Å². The number of likely N-dealkylation sites (N-methyl/N-ethyl adjacent to an activating group) is 1. The summed E-state index contributed by atoms with van der Waals surface area (Å²) in [7, 11) is 1.74. The van der Waals surface area contributed by atoms with Crippen molar-refractivity contribution < 1.29 is 4.74 Å². The Morgan fingerprint density at radius 3 is 2.47 bits per heavy atom. The summed E-state index contributed by atoms with van der Waals surface area (Å²) in [6.45, 7) is 9.22. The van der Waals surface area contributed by atoms with Gasteiger partial charge in [0.15, 0.2) is 0 Å². The van der Waals surface area contributed by atoms with Crippen LogP contribution in [-0.4, -0.2) is 26.8 Å². The van der Waals surface area contributed by atoms with Crippen LogP contribution in [0.15, 0.2) is 18.2 Å². The third kappa shape index (κ3) is 3.24. The minimum atomic E-state index is 0.779. The second-order valence-corrected chi connectivity index (χ2v) is 3.84. The number of nitrogens with zero attached hydrogens (tertiary/aromatic N) is 1. The lowest BCUT2D eigenvalue weighted by atomic mass is 10.1. The molecule has 1 aromatic rings. The van der Waals surface area contributed by atoms with Crippen LogP contribution < -0.4 is 4.90 Å². The molecule has 1 aromatic carbocycles. The van der Waals surface area contributed by atoms with Gasteiger partial charge in [-0.3, -0.25) is 0 Å². The molecular weight excluding hydrogens is 186 g/mol. The number of methoxy groups -OCH3 is 1. The molecule has 0 fully saturated rings. The van der Waals surface area contributed by atoms with Gasteiger partial charge in [-0.1, -0.05) is 6.07 Å². The van der Waals surface area contributed by atoms with Crippen LogP contribution in [0.1, 0.15) is 18.1 Å². The smallest absolute Gasteiger partial charge is 0.0637 e. The quantitative estimate of drug-likeness (QED) is 0.736. The third-order valence-corrected chi connectivity index (χ3v) is 2.80. The molecule has 15 heavy (non-hydrogen) atoms. The van der Waals surface area contributed by atoms with Crippen LogP contribution in [0.5, 0.6) is 0 Å². The largest absolute Gasteiger partial charge is 0.383 e. The highest BCUT2D eigenvalue weighted by atomic mass is 16.5. The molecule has 0 spiro atoms. The third-order valence-electron chi connectivity index (χ3n) is 2.80. The van der Waals surface area contributed by atoms with Crippen LogP contribution in [0.4, 0.5) is 5.69 Å². The van der Waals surface area contributed by atoms with Crippen molar-refractivity contribution >= 4 is 5.69 Å². The fraction of sp³-hybridized carbons (Fsp3) is 0.538. The molecule has 0 bridgehead atoms. The Bertz CT molecular complexity index is 309. The zero-order valence-electron chi connectivity index (χ0n) is 10.2. The van der Waals surface area contributed by atoms with E-state index in [0.717, 1.165) is 19.7 Å². The lowest BCUT2D eigenvalue weighted by molar-refractivity contribution is 0.205. The van der Waals surface area contributed by atoms with Crippen molar-refractivity contribution in [3.8, 4) is 0 Å². The molecule has 0 aliphatic carbocycles. The molecule has 0 aliphatic rings. The lowest BCUT2D eigenvalue weighted by Crippen LogP contribution is -2.26. The fourth-order valence-electron chi connectivity index (χ4n) is 1.59. The summed E-state index contributed by atoms with van der Waals surface area (Å²) in [5.41, 5.74) is 3.99. The molecule has 0 radical (unpaired) electrons. The minimum absolute atomic E-state index is 0.779. The standard InChI is InChI=1S/C13H21NO/c1-5-14(8-9-15-4)13-7-6-11(2)12(3)10-13/h6-7,10H,5,8-9H2,1-4H3. The van der Waals surface area contributed by atoms with Gasteiger partial charge >= 0.3 is 0 Å². The lowest BCUT2D eigenvalue weighted by Gasteiger charge is -2.23. The summed E-state index contributed by atoms with van der Waals surface area (Å²) in [6, 6.07) is 6.61. The molecule has 84 valence electrons. The van der Waals surface area contributed by atoms with Gasteiger partial charge in [-0.15, -0.1) is 0 Å². The highest BCUT2D eigenvalue weighted by Crippen LogP contribution is 2.18. The van der Waals surface area contributed by atoms with Crippen molar-refractivity contribution in [1.29, 1.82) is 0 Å². The first kappa shape index (κ1) is 12.1. The van der Waals surface area contributed by atoms with E-state index in [2.05, 4.69) is 43.9 Å². The summed E-state index contributed by atoms with van der Waals surface area (Å²) in [5.74, 6) is 0. The Morgan fingerprint density at radius 2 is 1.93 bits per heavy atom. The van der Waals surface area contributed by atoms with Crippen molar-refractivity contribution in [2.45, 2.75) is 20.8 Å². The Kier molecular flexibility index (Phi) is 4.63. The van der Waals surface area contributed by atoms with E-state index in [-0.39, 0.29) is 0 Å². The van der Waals surface area contributed by atoms with Gasteiger partial charge in [-0.2, -0.15) is 0 Å². The SMILES string of the molecule is CCN(CCOC)c1ccc(C)c(C)c1. The predicted octanol–water partition coefficient (Wildman–Crippen LogP) is 2.78. The normalized spacial score (nSPS) is 10.4. The number of rotatable bonds is 5. The minimum Gasteiger partial charge on any atom is -0.383 e. The zero-order chi connectivity index (χ0) is 11.3. The van der Waals surface area contributed by atoms with Crippen molar-refractivity contribution in [3.05, 3.63) is 29.3 Å². The molecule has 0 N–H and O–H groups in total.